The second-order valence-electron chi connectivity index (χ2n) is 5.55. The first kappa shape index (κ1) is 20.7. The minimum atomic E-state index is 0. The lowest BCUT2D eigenvalue weighted by molar-refractivity contribution is 0.375. The number of nitrogens with one attached hydrogen (secondary N) is 2. The molecule has 6 nitrogen and oxygen atoms in total. The molecule has 2 aromatic rings. The Balaban J connectivity index is 0.00000288. The lowest BCUT2D eigenvalue weighted by Gasteiger charge is -2.11. The lowest BCUT2D eigenvalue weighted by atomic mass is 10.1. The molecule has 0 aliphatic rings. The van der Waals surface area contributed by atoms with Gasteiger partial charge in [0.15, 0.2) is 5.96 Å². The van der Waals surface area contributed by atoms with Gasteiger partial charge in [-0.1, -0.05) is 30.6 Å². The van der Waals surface area contributed by atoms with Gasteiger partial charge in [-0.3, -0.25) is 4.99 Å². The van der Waals surface area contributed by atoms with E-state index in [4.69, 9.17) is 16.1 Å². The third-order valence-corrected chi connectivity index (χ3v) is 3.47. The molecular weight excluding hydrogens is 441 g/mol. The Morgan fingerprint density at radius 1 is 1.25 bits per heavy atom. The van der Waals surface area contributed by atoms with Crippen molar-refractivity contribution in [3.8, 4) is 11.4 Å². The number of halogens is 2. The van der Waals surface area contributed by atoms with E-state index in [-0.39, 0.29) is 24.0 Å². The molecule has 0 aliphatic heterocycles. The van der Waals surface area contributed by atoms with E-state index in [1.54, 1.807) is 19.2 Å². The summed E-state index contributed by atoms with van der Waals surface area (Å²) in [6, 6.07) is 7.31. The summed E-state index contributed by atoms with van der Waals surface area (Å²) >= 11 is 5.87. The van der Waals surface area contributed by atoms with Crippen LogP contribution in [0.1, 0.15) is 26.2 Å². The van der Waals surface area contributed by atoms with Crippen LogP contribution in [-0.4, -0.2) is 29.7 Å². The summed E-state index contributed by atoms with van der Waals surface area (Å²) in [6.07, 6.45) is 1.09. The topological polar surface area (TPSA) is 75.3 Å². The summed E-state index contributed by atoms with van der Waals surface area (Å²) in [5, 5.41) is 11.1. The largest absolute Gasteiger partial charge is 0.356 e. The van der Waals surface area contributed by atoms with E-state index in [0.717, 1.165) is 24.5 Å². The van der Waals surface area contributed by atoms with E-state index in [1.165, 1.54) is 0 Å². The molecule has 132 valence electrons. The summed E-state index contributed by atoms with van der Waals surface area (Å²) in [5.41, 5.74) is 0.865. The van der Waals surface area contributed by atoms with Gasteiger partial charge in [0.05, 0.1) is 6.54 Å². The van der Waals surface area contributed by atoms with Gasteiger partial charge in [-0.2, -0.15) is 4.98 Å². The van der Waals surface area contributed by atoms with Gasteiger partial charge in [-0.05, 0) is 36.6 Å². The fourth-order valence-corrected chi connectivity index (χ4v) is 2.03. The number of nitrogens with zero attached hydrogens (tertiary/aromatic N) is 3. The molecule has 0 spiro atoms. The maximum Gasteiger partial charge on any atom is 0.246 e. The zero-order valence-corrected chi connectivity index (χ0v) is 17.1. The Hall–Kier alpha value is -1.35. The molecule has 0 bridgehead atoms. The van der Waals surface area contributed by atoms with Crippen molar-refractivity contribution in [3.63, 3.8) is 0 Å². The number of hydrogen-bond donors (Lipinski definition) is 2. The third-order valence-electron chi connectivity index (χ3n) is 3.22. The first-order valence-electron chi connectivity index (χ1n) is 7.61. The highest BCUT2D eigenvalue weighted by molar-refractivity contribution is 14.0. The molecule has 8 heteroatoms. The highest BCUT2D eigenvalue weighted by Gasteiger charge is 2.09. The summed E-state index contributed by atoms with van der Waals surface area (Å²) in [6.45, 7) is 5.67. The van der Waals surface area contributed by atoms with Crippen molar-refractivity contribution < 1.29 is 4.52 Å². The molecule has 0 saturated heterocycles. The van der Waals surface area contributed by atoms with Crippen LogP contribution in [0.3, 0.4) is 0 Å². The molecule has 2 N–H and O–H groups in total. The maximum atomic E-state index is 5.87. The van der Waals surface area contributed by atoms with E-state index in [9.17, 15) is 0 Å². The van der Waals surface area contributed by atoms with Gasteiger partial charge in [0.25, 0.3) is 0 Å². The predicted octanol–water partition coefficient (Wildman–Crippen LogP) is 3.72. The van der Waals surface area contributed by atoms with Crippen LogP contribution in [0.25, 0.3) is 11.4 Å². The van der Waals surface area contributed by atoms with Gasteiger partial charge >= 0.3 is 0 Å². The molecule has 0 aliphatic carbocycles. The average molecular weight is 464 g/mol. The van der Waals surface area contributed by atoms with Crippen molar-refractivity contribution >= 4 is 41.5 Å². The molecule has 1 aromatic heterocycles. The minimum Gasteiger partial charge on any atom is -0.356 e. The van der Waals surface area contributed by atoms with Crippen LogP contribution in [0.5, 0.6) is 0 Å². The molecule has 0 unspecified atom stereocenters. The van der Waals surface area contributed by atoms with E-state index in [0.29, 0.717) is 29.2 Å². The van der Waals surface area contributed by atoms with Crippen molar-refractivity contribution in [1.29, 1.82) is 0 Å². The Morgan fingerprint density at radius 3 is 2.58 bits per heavy atom. The van der Waals surface area contributed by atoms with Crippen molar-refractivity contribution in [2.75, 3.05) is 13.6 Å². The van der Waals surface area contributed by atoms with Crippen molar-refractivity contribution in [2.45, 2.75) is 26.8 Å². The minimum absolute atomic E-state index is 0. The molecule has 1 aromatic carbocycles. The van der Waals surface area contributed by atoms with Gasteiger partial charge in [-0.25, -0.2) is 0 Å². The highest BCUT2D eigenvalue weighted by Crippen LogP contribution is 2.18. The summed E-state index contributed by atoms with van der Waals surface area (Å²) in [4.78, 5) is 8.52. The first-order valence-corrected chi connectivity index (χ1v) is 7.99. The van der Waals surface area contributed by atoms with E-state index >= 15 is 0 Å². The summed E-state index contributed by atoms with van der Waals surface area (Å²) < 4.78 is 5.25. The smallest absolute Gasteiger partial charge is 0.246 e. The molecule has 0 radical (unpaired) electrons. The van der Waals surface area contributed by atoms with Gasteiger partial charge in [-0.15, -0.1) is 24.0 Å². The quantitative estimate of drug-likeness (QED) is 0.388. The van der Waals surface area contributed by atoms with Crippen LogP contribution in [-0.2, 0) is 6.54 Å². The van der Waals surface area contributed by atoms with Crippen LogP contribution >= 0.6 is 35.6 Å². The van der Waals surface area contributed by atoms with Gasteiger partial charge < -0.3 is 15.2 Å². The normalized spacial score (nSPS) is 11.3. The zero-order chi connectivity index (χ0) is 16.7. The van der Waals surface area contributed by atoms with E-state index < -0.39 is 0 Å². The molecule has 1 heterocycles. The molecule has 24 heavy (non-hydrogen) atoms. The number of hydrogen-bond acceptors (Lipinski definition) is 4. The van der Waals surface area contributed by atoms with Crippen molar-refractivity contribution in [1.82, 2.24) is 20.8 Å². The Kier molecular flexibility index (Phi) is 9.05. The number of rotatable bonds is 6. The molecular formula is C16H23ClIN5O. The summed E-state index contributed by atoms with van der Waals surface area (Å²) in [5.74, 6) is 2.42. The van der Waals surface area contributed by atoms with Crippen LogP contribution in [0, 0.1) is 5.92 Å². The fourth-order valence-electron chi connectivity index (χ4n) is 1.90. The third kappa shape index (κ3) is 6.64. The monoisotopic (exact) mass is 463 g/mol. The standard InChI is InChI=1S/C16H22ClN5O.HI/c1-11(2)8-9-19-16(18-3)20-10-14-21-15(22-23-14)12-4-6-13(17)7-5-12;/h4-7,11H,8-10H2,1-3H3,(H2,18,19,20);1H. The van der Waals surface area contributed by atoms with Crippen LogP contribution in [0.2, 0.25) is 5.02 Å². The zero-order valence-electron chi connectivity index (χ0n) is 14.0. The summed E-state index contributed by atoms with van der Waals surface area (Å²) in [7, 11) is 1.73. The number of aliphatic imine (C=N–C) groups is 1. The molecule has 0 amide bonds. The van der Waals surface area contributed by atoms with E-state index in [1.807, 2.05) is 12.1 Å². The fraction of sp³-hybridized carbons (Fsp3) is 0.438. The van der Waals surface area contributed by atoms with Gasteiger partial charge in [0, 0.05) is 24.2 Å². The molecule has 0 fully saturated rings. The second-order valence-corrected chi connectivity index (χ2v) is 5.99. The molecule has 0 saturated carbocycles. The predicted molar refractivity (Wildman–Crippen MR) is 108 cm³/mol. The SMILES string of the molecule is CN=C(NCCC(C)C)NCc1nc(-c2ccc(Cl)cc2)no1.I. The Morgan fingerprint density at radius 2 is 1.96 bits per heavy atom. The lowest BCUT2D eigenvalue weighted by Crippen LogP contribution is -2.37. The van der Waals surface area contributed by atoms with Gasteiger partial charge in [0.1, 0.15) is 0 Å². The second kappa shape index (κ2) is 10.5. The molecule has 0 atom stereocenters. The van der Waals surface area contributed by atoms with Crippen molar-refractivity contribution in [2.24, 2.45) is 10.9 Å². The first-order chi connectivity index (χ1) is 11.1. The average Bonchev–Trinajstić information content (AvgIpc) is 3.00. The van der Waals surface area contributed by atoms with Crippen LogP contribution in [0.15, 0.2) is 33.8 Å². The van der Waals surface area contributed by atoms with E-state index in [2.05, 4.69) is 39.6 Å². The van der Waals surface area contributed by atoms with Crippen molar-refractivity contribution in [3.05, 3.63) is 35.2 Å². The number of guanidine groups is 1. The highest BCUT2D eigenvalue weighted by atomic mass is 127. The maximum absolute atomic E-state index is 5.87. The Bertz CT molecular complexity index is 642. The number of aromatic nitrogens is 2. The number of benzene rings is 1. The van der Waals surface area contributed by atoms with Gasteiger partial charge in [0.2, 0.25) is 11.7 Å². The Labute approximate surface area is 164 Å². The van der Waals surface area contributed by atoms with Crippen LogP contribution in [0.4, 0.5) is 0 Å². The molecule has 2 rings (SSSR count). The van der Waals surface area contributed by atoms with Crippen LogP contribution < -0.4 is 10.6 Å².